The maximum atomic E-state index is 12.1. The molecule has 124 valence electrons. The number of furan rings is 1. The summed E-state index contributed by atoms with van der Waals surface area (Å²) >= 11 is 0. The standard InChI is InChI=1S/C19H25NO3/c1-3-4-5-6-7-19(22)20-17-12-15(9-8-14(17)2)18-11-10-16(13-21)23-18/h8-12,21H,3-7,13H2,1-2H3,(H,20,22). The first-order valence-electron chi connectivity index (χ1n) is 8.24. The molecule has 4 heteroatoms. The SMILES string of the molecule is CCCCCCC(=O)Nc1cc(-c2ccc(CO)o2)ccc1C. The van der Waals surface area contributed by atoms with Crippen molar-refractivity contribution < 1.29 is 14.3 Å². The van der Waals surface area contributed by atoms with Gasteiger partial charge in [-0.1, -0.05) is 38.3 Å². The van der Waals surface area contributed by atoms with E-state index in [0.717, 1.165) is 29.7 Å². The molecule has 0 atom stereocenters. The molecule has 0 fully saturated rings. The fourth-order valence-corrected chi connectivity index (χ4v) is 2.45. The maximum Gasteiger partial charge on any atom is 0.224 e. The van der Waals surface area contributed by atoms with Crippen molar-refractivity contribution >= 4 is 11.6 Å². The van der Waals surface area contributed by atoms with Crippen LogP contribution in [0, 0.1) is 6.92 Å². The van der Waals surface area contributed by atoms with E-state index >= 15 is 0 Å². The van der Waals surface area contributed by atoms with Crippen molar-refractivity contribution in [3.8, 4) is 11.3 Å². The number of carbonyl (C=O) groups is 1. The lowest BCUT2D eigenvalue weighted by Crippen LogP contribution is -2.12. The molecule has 0 radical (unpaired) electrons. The number of aliphatic hydroxyl groups excluding tert-OH is 1. The summed E-state index contributed by atoms with van der Waals surface area (Å²) in [4.78, 5) is 12.1. The molecular formula is C19H25NO3. The molecule has 2 N–H and O–H groups in total. The van der Waals surface area contributed by atoms with Crippen LogP contribution in [0.3, 0.4) is 0 Å². The van der Waals surface area contributed by atoms with Gasteiger partial charge in [0.1, 0.15) is 18.1 Å². The van der Waals surface area contributed by atoms with E-state index in [2.05, 4.69) is 12.2 Å². The molecule has 23 heavy (non-hydrogen) atoms. The van der Waals surface area contributed by atoms with E-state index in [4.69, 9.17) is 9.52 Å². The summed E-state index contributed by atoms with van der Waals surface area (Å²) in [5.41, 5.74) is 2.71. The molecule has 0 bridgehead atoms. The van der Waals surface area contributed by atoms with Crippen LogP contribution in [0.15, 0.2) is 34.7 Å². The summed E-state index contributed by atoms with van der Waals surface area (Å²) in [7, 11) is 0. The number of unbranched alkanes of at least 4 members (excludes halogenated alkanes) is 3. The number of rotatable bonds is 8. The van der Waals surface area contributed by atoms with Crippen molar-refractivity contribution in [1.82, 2.24) is 0 Å². The smallest absolute Gasteiger partial charge is 0.224 e. The summed E-state index contributed by atoms with van der Waals surface area (Å²) in [5, 5.41) is 12.1. The normalized spacial score (nSPS) is 10.7. The van der Waals surface area contributed by atoms with Gasteiger partial charge in [-0.25, -0.2) is 0 Å². The Balaban J connectivity index is 2.04. The van der Waals surface area contributed by atoms with E-state index in [9.17, 15) is 4.79 Å². The zero-order valence-corrected chi connectivity index (χ0v) is 13.9. The van der Waals surface area contributed by atoms with Gasteiger partial charge in [-0.2, -0.15) is 0 Å². The van der Waals surface area contributed by atoms with Crippen LogP contribution in [-0.2, 0) is 11.4 Å². The first-order chi connectivity index (χ1) is 11.1. The summed E-state index contributed by atoms with van der Waals surface area (Å²) in [6.07, 6.45) is 4.92. The molecule has 1 heterocycles. The van der Waals surface area contributed by atoms with E-state index in [1.165, 1.54) is 12.8 Å². The highest BCUT2D eigenvalue weighted by atomic mass is 16.4. The predicted octanol–water partition coefficient (Wildman–Crippen LogP) is 4.66. The number of hydrogen-bond acceptors (Lipinski definition) is 3. The highest BCUT2D eigenvalue weighted by molar-refractivity contribution is 5.92. The lowest BCUT2D eigenvalue weighted by molar-refractivity contribution is -0.116. The van der Waals surface area contributed by atoms with Gasteiger partial charge in [0.25, 0.3) is 0 Å². The van der Waals surface area contributed by atoms with Crippen LogP contribution in [-0.4, -0.2) is 11.0 Å². The number of nitrogens with one attached hydrogen (secondary N) is 1. The zero-order valence-electron chi connectivity index (χ0n) is 13.9. The van der Waals surface area contributed by atoms with Crippen molar-refractivity contribution in [2.75, 3.05) is 5.32 Å². The fraction of sp³-hybridized carbons (Fsp3) is 0.421. The number of benzene rings is 1. The highest BCUT2D eigenvalue weighted by Crippen LogP contribution is 2.27. The average molecular weight is 315 g/mol. The third kappa shape index (κ3) is 4.96. The molecule has 0 spiro atoms. The zero-order chi connectivity index (χ0) is 16.7. The van der Waals surface area contributed by atoms with Gasteiger partial charge in [0.2, 0.25) is 5.91 Å². The maximum absolute atomic E-state index is 12.1. The van der Waals surface area contributed by atoms with Crippen LogP contribution in [0.25, 0.3) is 11.3 Å². The van der Waals surface area contributed by atoms with Crippen molar-refractivity contribution in [1.29, 1.82) is 0 Å². The Morgan fingerprint density at radius 2 is 2.00 bits per heavy atom. The van der Waals surface area contributed by atoms with Crippen LogP contribution in [0.5, 0.6) is 0 Å². The summed E-state index contributed by atoms with van der Waals surface area (Å²) in [6, 6.07) is 9.41. The Morgan fingerprint density at radius 3 is 2.70 bits per heavy atom. The Morgan fingerprint density at radius 1 is 1.17 bits per heavy atom. The fourth-order valence-electron chi connectivity index (χ4n) is 2.45. The van der Waals surface area contributed by atoms with Gasteiger partial charge in [0.05, 0.1) is 0 Å². The minimum Gasteiger partial charge on any atom is -0.459 e. The van der Waals surface area contributed by atoms with Gasteiger partial charge in [0.15, 0.2) is 0 Å². The van der Waals surface area contributed by atoms with Gasteiger partial charge in [-0.05, 0) is 37.1 Å². The molecule has 2 rings (SSSR count). The third-order valence-electron chi connectivity index (χ3n) is 3.87. The quantitative estimate of drug-likeness (QED) is 0.697. The predicted molar refractivity (Wildman–Crippen MR) is 92.2 cm³/mol. The molecule has 1 amide bonds. The Kier molecular flexibility index (Phi) is 6.41. The van der Waals surface area contributed by atoms with Crippen molar-refractivity contribution in [2.45, 2.75) is 52.6 Å². The number of amides is 1. The van der Waals surface area contributed by atoms with Crippen LogP contribution in [0.2, 0.25) is 0 Å². The lowest BCUT2D eigenvalue weighted by atomic mass is 10.1. The summed E-state index contributed by atoms with van der Waals surface area (Å²) in [6.45, 7) is 4.01. The third-order valence-corrected chi connectivity index (χ3v) is 3.87. The minimum absolute atomic E-state index is 0.0526. The van der Waals surface area contributed by atoms with E-state index in [0.29, 0.717) is 17.9 Å². The molecule has 4 nitrogen and oxygen atoms in total. The number of aryl methyl sites for hydroxylation is 1. The Bertz CT molecular complexity index is 646. The first kappa shape index (κ1) is 17.3. The topological polar surface area (TPSA) is 62.5 Å². The van der Waals surface area contributed by atoms with Crippen LogP contribution < -0.4 is 5.32 Å². The Hall–Kier alpha value is -2.07. The molecule has 2 aromatic rings. The molecule has 1 aromatic heterocycles. The van der Waals surface area contributed by atoms with E-state index in [1.54, 1.807) is 6.07 Å². The molecule has 0 aliphatic heterocycles. The van der Waals surface area contributed by atoms with Gasteiger partial charge in [-0.3, -0.25) is 4.79 Å². The molecule has 1 aromatic carbocycles. The monoisotopic (exact) mass is 315 g/mol. The number of aliphatic hydroxyl groups is 1. The van der Waals surface area contributed by atoms with E-state index in [-0.39, 0.29) is 12.5 Å². The van der Waals surface area contributed by atoms with Crippen molar-refractivity contribution in [3.63, 3.8) is 0 Å². The van der Waals surface area contributed by atoms with Gasteiger partial charge >= 0.3 is 0 Å². The summed E-state index contributed by atoms with van der Waals surface area (Å²) < 4.78 is 5.55. The molecule has 0 saturated heterocycles. The van der Waals surface area contributed by atoms with Crippen LogP contribution in [0.4, 0.5) is 5.69 Å². The molecule has 0 saturated carbocycles. The highest BCUT2D eigenvalue weighted by Gasteiger charge is 2.09. The molecule has 0 aliphatic carbocycles. The lowest BCUT2D eigenvalue weighted by Gasteiger charge is -2.10. The van der Waals surface area contributed by atoms with Crippen LogP contribution >= 0.6 is 0 Å². The molecule has 0 unspecified atom stereocenters. The second kappa shape index (κ2) is 8.53. The summed E-state index contributed by atoms with van der Waals surface area (Å²) in [5.74, 6) is 1.27. The second-order valence-electron chi connectivity index (χ2n) is 5.81. The van der Waals surface area contributed by atoms with Crippen molar-refractivity contribution in [3.05, 3.63) is 41.7 Å². The van der Waals surface area contributed by atoms with E-state index < -0.39 is 0 Å². The van der Waals surface area contributed by atoms with Crippen LogP contribution in [0.1, 0.15) is 50.4 Å². The van der Waals surface area contributed by atoms with Gasteiger partial charge in [-0.15, -0.1) is 0 Å². The molecule has 0 aliphatic rings. The van der Waals surface area contributed by atoms with Gasteiger partial charge in [0, 0.05) is 17.7 Å². The second-order valence-corrected chi connectivity index (χ2v) is 5.81. The number of hydrogen-bond donors (Lipinski definition) is 2. The minimum atomic E-state index is -0.118. The largest absolute Gasteiger partial charge is 0.459 e. The van der Waals surface area contributed by atoms with E-state index in [1.807, 2.05) is 31.2 Å². The molecular weight excluding hydrogens is 290 g/mol. The number of anilines is 1. The average Bonchev–Trinajstić information content (AvgIpc) is 3.03. The van der Waals surface area contributed by atoms with Crippen molar-refractivity contribution in [2.24, 2.45) is 0 Å². The number of carbonyl (C=O) groups excluding carboxylic acids is 1. The van der Waals surface area contributed by atoms with Gasteiger partial charge < -0.3 is 14.8 Å². The Labute approximate surface area is 137 Å². The first-order valence-corrected chi connectivity index (χ1v) is 8.24.